The van der Waals surface area contributed by atoms with Gasteiger partial charge in [-0.15, -0.1) is 10.2 Å². The molecule has 0 aliphatic heterocycles. The van der Waals surface area contributed by atoms with Crippen molar-refractivity contribution in [1.29, 1.82) is 0 Å². The van der Waals surface area contributed by atoms with Gasteiger partial charge in [-0.05, 0) is 55.9 Å². The lowest BCUT2D eigenvalue weighted by atomic mass is 9.88. The van der Waals surface area contributed by atoms with Crippen LogP contribution < -0.4 is 5.32 Å². The number of aromatic nitrogens is 2. The number of hydrogen-bond donors (Lipinski definition) is 1. The molecule has 0 unspecified atom stereocenters. The van der Waals surface area contributed by atoms with Crippen molar-refractivity contribution in [2.24, 2.45) is 0 Å². The molecule has 1 aliphatic rings. The molecule has 4 rings (SSSR count). The highest BCUT2D eigenvalue weighted by Crippen LogP contribution is 2.31. The Balaban J connectivity index is 1.41. The zero-order valence-electron chi connectivity index (χ0n) is 16.0. The Bertz CT molecular complexity index is 985. The number of amides is 1. The van der Waals surface area contributed by atoms with Crippen molar-refractivity contribution in [3.8, 4) is 11.5 Å². The summed E-state index contributed by atoms with van der Waals surface area (Å²) < 4.78 is 5.78. The summed E-state index contributed by atoms with van der Waals surface area (Å²) in [5.74, 6) is 0.469. The fourth-order valence-electron chi connectivity index (χ4n) is 3.58. The van der Waals surface area contributed by atoms with Gasteiger partial charge < -0.3 is 9.73 Å². The summed E-state index contributed by atoms with van der Waals surface area (Å²) in [4.78, 5) is 12.7. The molecule has 1 heterocycles. The molecule has 1 N–H and O–H groups in total. The summed E-state index contributed by atoms with van der Waals surface area (Å²) in [6.07, 6.45) is 3.14. The van der Waals surface area contributed by atoms with Gasteiger partial charge in [-0.3, -0.25) is 4.79 Å². The third-order valence-corrected chi connectivity index (χ3v) is 6.05. The van der Waals surface area contributed by atoms with E-state index in [0.29, 0.717) is 11.1 Å². The highest BCUT2D eigenvalue weighted by atomic mass is 32.2. The second kappa shape index (κ2) is 8.19. The van der Waals surface area contributed by atoms with Crippen LogP contribution >= 0.6 is 11.8 Å². The van der Waals surface area contributed by atoms with Gasteiger partial charge >= 0.3 is 0 Å². The van der Waals surface area contributed by atoms with Crippen LogP contribution in [0.3, 0.4) is 0 Å². The second-order valence-electron chi connectivity index (χ2n) is 7.10. The standard InChI is InChI=1S/C22H23N3O2S/c1-14-8-3-5-11-17(14)21-24-25-22(27-21)28-15(2)20(26)23-19-13-7-10-16-9-4-6-12-18(16)19/h3-6,8-9,11-12,15,19H,7,10,13H2,1-2H3,(H,23,26)/t15-,19-/m0/s1. The highest BCUT2D eigenvalue weighted by Gasteiger charge is 2.25. The van der Waals surface area contributed by atoms with E-state index >= 15 is 0 Å². The van der Waals surface area contributed by atoms with Crippen molar-refractivity contribution in [1.82, 2.24) is 15.5 Å². The lowest BCUT2D eigenvalue weighted by Gasteiger charge is -2.27. The summed E-state index contributed by atoms with van der Waals surface area (Å²) in [7, 11) is 0. The molecule has 0 spiro atoms. The maximum absolute atomic E-state index is 12.7. The predicted octanol–water partition coefficient (Wildman–Crippen LogP) is 4.72. The number of fused-ring (bicyclic) bond motifs is 1. The molecule has 144 valence electrons. The number of nitrogens with zero attached hydrogens (tertiary/aromatic N) is 2. The molecular weight excluding hydrogens is 370 g/mol. The fourth-order valence-corrected chi connectivity index (χ4v) is 4.27. The number of hydrogen-bond acceptors (Lipinski definition) is 5. The molecular formula is C22H23N3O2S. The van der Waals surface area contributed by atoms with Gasteiger partial charge in [0.15, 0.2) is 0 Å². The van der Waals surface area contributed by atoms with Gasteiger partial charge in [-0.2, -0.15) is 0 Å². The minimum Gasteiger partial charge on any atom is -0.411 e. The number of carbonyl (C=O) groups excluding carboxylic acids is 1. The van der Waals surface area contributed by atoms with E-state index in [1.54, 1.807) is 0 Å². The van der Waals surface area contributed by atoms with Gasteiger partial charge in [0.05, 0.1) is 11.3 Å². The van der Waals surface area contributed by atoms with E-state index < -0.39 is 0 Å². The first-order valence-electron chi connectivity index (χ1n) is 9.56. The lowest BCUT2D eigenvalue weighted by Crippen LogP contribution is -2.35. The van der Waals surface area contributed by atoms with Gasteiger partial charge in [0.25, 0.3) is 5.22 Å². The fraction of sp³-hybridized carbons (Fsp3) is 0.318. The molecule has 0 radical (unpaired) electrons. The monoisotopic (exact) mass is 393 g/mol. The van der Waals surface area contributed by atoms with E-state index in [1.807, 2.05) is 44.2 Å². The number of carbonyl (C=O) groups is 1. The summed E-state index contributed by atoms with van der Waals surface area (Å²) in [5, 5.41) is 11.5. The van der Waals surface area contributed by atoms with Gasteiger partial charge in [-0.25, -0.2) is 0 Å². The van der Waals surface area contributed by atoms with E-state index in [1.165, 1.54) is 22.9 Å². The SMILES string of the molecule is Cc1ccccc1-c1nnc(S[C@@H](C)C(=O)N[C@H]2CCCc3ccccc32)o1. The smallest absolute Gasteiger partial charge is 0.277 e. The Morgan fingerprint density at radius 1 is 1.18 bits per heavy atom. The van der Waals surface area contributed by atoms with Crippen LogP contribution in [0.25, 0.3) is 11.5 Å². The Labute approximate surface area is 168 Å². The number of nitrogens with one attached hydrogen (secondary N) is 1. The van der Waals surface area contributed by atoms with Crippen molar-refractivity contribution in [3.63, 3.8) is 0 Å². The largest absolute Gasteiger partial charge is 0.411 e. The summed E-state index contributed by atoms with van der Waals surface area (Å²) in [6, 6.07) is 16.3. The Morgan fingerprint density at radius 2 is 1.96 bits per heavy atom. The first-order chi connectivity index (χ1) is 13.6. The second-order valence-corrected chi connectivity index (χ2v) is 8.39. The summed E-state index contributed by atoms with van der Waals surface area (Å²) in [5.41, 5.74) is 4.56. The molecule has 0 saturated heterocycles. The first kappa shape index (κ1) is 18.7. The third-order valence-electron chi connectivity index (χ3n) is 5.11. The van der Waals surface area contributed by atoms with Crippen LogP contribution in [0.5, 0.6) is 0 Å². The highest BCUT2D eigenvalue weighted by molar-refractivity contribution is 8.00. The number of thioether (sulfide) groups is 1. The van der Waals surface area contributed by atoms with Crippen molar-refractivity contribution >= 4 is 17.7 Å². The van der Waals surface area contributed by atoms with Gasteiger partial charge in [0.2, 0.25) is 11.8 Å². The Hall–Kier alpha value is -2.60. The average Bonchev–Trinajstić information content (AvgIpc) is 3.16. The molecule has 1 aromatic heterocycles. The average molecular weight is 394 g/mol. The maximum atomic E-state index is 12.7. The van der Waals surface area contributed by atoms with Crippen molar-refractivity contribution in [3.05, 3.63) is 65.2 Å². The van der Waals surface area contributed by atoms with Crippen molar-refractivity contribution < 1.29 is 9.21 Å². The number of rotatable bonds is 5. The molecule has 1 aliphatic carbocycles. The van der Waals surface area contributed by atoms with E-state index in [2.05, 4.69) is 33.7 Å². The molecule has 2 atom stereocenters. The Morgan fingerprint density at radius 3 is 2.82 bits per heavy atom. The maximum Gasteiger partial charge on any atom is 0.277 e. The van der Waals surface area contributed by atoms with Crippen molar-refractivity contribution in [2.75, 3.05) is 0 Å². The molecule has 28 heavy (non-hydrogen) atoms. The minimum absolute atomic E-state index is 0.0117. The third kappa shape index (κ3) is 3.97. The van der Waals surface area contributed by atoms with Crippen LogP contribution in [0, 0.1) is 6.92 Å². The van der Waals surface area contributed by atoms with Crippen molar-refractivity contribution in [2.45, 2.75) is 49.6 Å². The van der Waals surface area contributed by atoms with Gasteiger partial charge in [0, 0.05) is 5.56 Å². The minimum atomic E-state index is -0.320. The number of benzene rings is 2. The van der Waals surface area contributed by atoms with Gasteiger partial charge in [0.1, 0.15) is 0 Å². The molecule has 3 aromatic rings. The molecule has 0 saturated carbocycles. The summed E-state index contributed by atoms with van der Waals surface area (Å²) >= 11 is 1.29. The number of aryl methyl sites for hydroxylation is 2. The van der Waals surface area contributed by atoms with Crippen LogP contribution in [-0.2, 0) is 11.2 Å². The van der Waals surface area contributed by atoms with E-state index in [0.717, 1.165) is 30.4 Å². The zero-order valence-corrected chi connectivity index (χ0v) is 16.8. The van der Waals surface area contributed by atoms with Crippen LogP contribution in [0.2, 0.25) is 0 Å². The lowest BCUT2D eigenvalue weighted by molar-refractivity contribution is -0.121. The molecule has 5 nitrogen and oxygen atoms in total. The summed E-state index contributed by atoms with van der Waals surface area (Å²) in [6.45, 7) is 3.87. The van der Waals surface area contributed by atoms with Crippen LogP contribution in [0.15, 0.2) is 58.2 Å². The van der Waals surface area contributed by atoms with Crippen LogP contribution in [-0.4, -0.2) is 21.4 Å². The molecule has 6 heteroatoms. The van der Waals surface area contributed by atoms with E-state index in [4.69, 9.17) is 4.42 Å². The zero-order chi connectivity index (χ0) is 19.5. The van der Waals surface area contributed by atoms with Crippen LogP contribution in [0.4, 0.5) is 0 Å². The molecule has 0 fully saturated rings. The molecule has 0 bridgehead atoms. The predicted molar refractivity (Wildman–Crippen MR) is 110 cm³/mol. The van der Waals surface area contributed by atoms with E-state index in [9.17, 15) is 4.79 Å². The van der Waals surface area contributed by atoms with E-state index in [-0.39, 0.29) is 17.2 Å². The normalized spacial score (nSPS) is 17.0. The topological polar surface area (TPSA) is 68.0 Å². The Kier molecular flexibility index (Phi) is 5.48. The molecule has 1 amide bonds. The first-order valence-corrected chi connectivity index (χ1v) is 10.4. The molecule has 2 aromatic carbocycles. The quantitative estimate of drug-likeness (QED) is 0.635. The van der Waals surface area contributed by atoms with Crippen LogP contribution in [0.1, 0.15) is 42.5 Å². The van der Waals surface area contributed by atoms with Gasteiger partial charge in [-0.1, -0.05) is 54.2 Å².